The lowest BCUT2D eigenvalue weighted by atomic mass is 9.99. The van der Waals surface area contributed by atoms with E-state index in [0.29, 0.717) is 6.04 Å². The Labute approximate surface area is 83.8 Å². The van der Waals surface area contributed by atoms with Crippen LogP contribution in [0.1, 0.15) is 34.1 Å². The van der Waals surface area contributed by atoms with Crippen molar-refractivity contribution < 1.29 is 3.07 Å². The summed E-state index contributed by atoms with van der Waals surface area (Å²) in [6.07, 6.45) is 1.09. The smallest absolute Gasteiger partial charge is 0.109 e. The summed E-state index contributed by atoms with van der Waals surface area (Å²) in [4.78, 5) is 0. The van der Waals surface area contributed by atoms with Gasteiger partial charge in [0.25, 0.3) is 0 Å². The third-order valence-electron chi connectivity index (χ3n) is 1.79. The molecule has 0 unspecified atom stereocenters. The lowest BCUT2D eigenvalue weighted by molar-refractivity contribution is 0.221. The molecule has 11 heavy (non-hydrogen) atoms. The van der Waals surface area contributed by atoms with Gasteiger partial charge in [-0.05, 0) is 13.3 Å². The van der Waals surface area contributed by atoms with Crippen molar-refractivity contribution in [2.75, 3.05) is 6.61 Å². The maximum Gasteiger partial charge on any atom is 0.109 e. The van der Waals surface area contributed by atoms with Gasteiger partial charge in [-0.15, -0.1) is 0 Å². The third-order valence-corrected chi connectivity index (χ3v) is 2.10. The standard InChI is InChI=1S/C8H18INO/c1-5-8(4,6-11-9)10-7(2)3/h7,10H,5-6H2,1-4H3/t8-/m0/s1. The van der Waals surface area contributed by atoms with Crippen molar-refractivity contribution in [1.29, 1.82) is 0 Å². The Hall–Kier alpha value is 0.650. The fourth-order valence-electron chi connectivity index (χ4n) is 1.06. The molecule has 0 amide bonds. The first-order valence-corrected chi connectivity index (χ1v) is 4.93. The van der Waals surface area contributed by atoms with Gasteiger partial charge in [-0.25, -0.2) is 0 Å². The van der Waals surface area contributed by atoms with Crippen molar-refractivity contribution in [2.45, 2.75) is 45.7 Å². The third kappa shape index (κ3) is 4.98. The van der Waals surface area contributed by atoms with Crippen LogP contribution in [0.2, 0.25) is 0 Å². The predicted molar refractivity (Wildman–Crippen MR) is 56.9 cm³/mol. The largest absolute Gasteiger partial charge is 0.314 e. The molecule has 0 aromatic heterocycles. The summed E-state index contributed by atoms with van der Waals surface area (Å²) in [5.74, 6) is 0. The van der Waals surface area contributed by atoms with E-state index in [1.807, 2.05) is 23.0 Å². The lowest BCUT2D eigenvalue weighted by Gasteiger charge is -2.30. The van der Waals surface area contributed by atoms with Crippen LogP contribution in [0.4, 0.5) is 0 Å². The highest BCUT2D eigenvalue weighted by Gasteiger charge is 2.22. The Kier molecular flexibility index (Phi) is 5.64. The molecule has 0 saturated heterocycles. The van der Waals surface area contributed by atoms with Gasteiger partial charge in [0.2, 0.25) is 0 Å². The van der Waals surface area contributed by atoms with Crippen molar-refractivity contribution in [3.63, 3.8) is 0 Å². The Morgan fingerprint density at radius 1 is 1.55 bits per heavy atom. The Balaban J connectivity index is 3.87. The average molecular weight is 271 g/mol. The number of hydrogen-bond acceptors (Lipinski definition) is 2. The van der Waals surface area contributed by atoms with Crippen LogP contribution in [-0.4, -0.2) is 18.2 Å². The molecule has 0 rings (SSSR count). The molecule has 0 bridgehead atoms. The molecular weight excluding hydrogens is 253 g/mol. The molecule has 0 heterocycles. The topological polar surface area (TPSA) is 21.3 Å². The molecule has 0 radical (unpaired) electrons. The van der Waals surface area contributed by atoms with Crippen molar-refractivity contribution in [1.82, 2.24) is 5.32 Å². The molecule has 0 aromatic rings. The molecule has 0 fully saturated rings. The quantitative estimate of drug-likeness (QED) is 0.776. The first-order chi connectivity index (χ1) is 5.04. The van der Waals surface area contributed by atoms with Gasteiger partial charge in [0, 0.05) is 11.6 Å². The highest BCUT2D eigenvalue weighted by atomic mass is 127. The van der Waals surface area contributed by atoms with Crippen LogP contribution >= 0.6 is 23.0 Å². The van der Waals surface area contributed by atoms with Crippen LogP contribution in [0.3, 0.4) is 0 Å². The summed E-state index contributed by atoms with van der Waals surface area (Å²) in [5, 5.41) is 3.48. The molecule has 0 aliphatic rings. The fourth-order valence-corrected chi connectivity index (χ4v) is 1.75. The SMILES string of the molecule is CC[C@@](C)(COI)NC(C)C. The number of hydrogen-bond donors (Lipinski definition) is 1. The van der Waals surface area contributed by atoms with Gasteiger partial charge in [0.05, 0.1) is 6.61 Å². The van der Waals surface area contributed by atoms with Crippen LogP contribution in [0, 0.1) is 0 Å². The average Bonchev–Trinajstić information content (AvgIpc) is 1.87. The van der Waals surface area contributed by atoms with E-state index < -0.39 is 0 Å². The molecule has 1 atom stereocenters. The number of halogens is 1. The van der Waals surface area contributed by atoms with Crippen molar-refractivity contribution >= 4 is 23.0 Å². The van der Waals surface area contributed by atoms with E-state index in [4.69, 9.17) is 3.07 Å². The van der Waals surface area contributed by atoms with Crippen molar-refractivity contribution in [3.05, 3.63) is 0 Å². The molecule has 68 valence electrons. The molecule has 0 aliphatic heterocycles. The summed E-state index contributed by atoms with van der Waals surface area (Å²) >= 11 is 1.94. The Morgan fingerprint density at radius 3 is 2.36 bits per heavy atom. The van der Waals surface area contributed by atoms with Crippen LogP contribution in [-0.2, 0) is 3.07 Å². The van der Waals surface area contributed by atoms with Crippen LogP contribution in [0.25, 0.3) is 0 Å². The van der Waals surface area contributed by atoms with Gasteiger partial charge in [0.1, 0.15) is 23.0 Å². The molecular formula is C8H18INO. The molecule has 1 N–H and O–H groups in total. The van der Waals surface area contributed by atoms with E-state index in [2.05, 4.69) is 33.0 Å². The first-order valence-electron chi connectivity index (χ1n) is 4.05. The zero-order valence-electron chi connectivity index (χ0n) is 7.78. The normalized spacial score (nSPS) is 16.9. The van der Waals surface area contributed by atoms with E-state index in [1.165, 1.54) is 0 Å². The van der Waals surface area contributed by atoms with Crippen LogP contribution in [0.15, 0.2) is 0 Å². The Bertz CT molecular complexity index is 108. The second-order valence-electron chi connectivity index (χ2n) is 3.47. The molecule has 2 nitrogen and oxygen atoms in total. The van der Waals surface area contributed by atoms with E-state index >= 15 is 0 Å². The minimum absolute atomic E-state index is 0.134. The summed E-state index contributed by atoms with van der Waals surface area (Å²) in [5.41, 5.74) is 0.134. The number of rotatable bonds is 5. The highest BCUT2D eigenvalue weighted by Crippen LogP contribution is 2.12. The summed E-state index contributed by atoms with van der Waals surface area (Å²) in [7, 11) is 0. The lowest BCUT2D eigenvalue weighted by Crippen LogP contribution is -2.48. The molecule has 0 aliphatic carbocycles. The maximum absolute atomic E-state index is 5.11. The van der Waals surface area contributed by atoms with Crippen molar-refractivity contribution in [3.8, 4) is 0 Å². The minimum atomic E-state index is 0.134. The zero-order chi connectivity index (χ0) is 8.91. The van der Waals surface area contributed by atoms with Crippen LogP contribution < -0.4 is 5.32 Å². The molecule has 3 heteroatoms. The van der Waals surface area contributed by atoms with Gasteiger partial charge in [0.15, 0.2) is 0 Å². The summed E-state index contributed by atoms with van der Waals surface area (Å²) < 4.78 is 5.11. The predicted octanol–water partition coefficient (Wildman–Crippen LogP) is 2.52. The van der Waals surface area contributed by atoms with Gasteiger partial charge in [-0.2, -0.15) is 0 Å². The number of nitrogens with one attached hydrogen (secondary N) is 1. The van der Waals surface area contributed by atoms with E-state index in [1.54, 1.807) is 0 Å². The maximum atomic E-state index is 5.11. The van der Waals surface area contributed by atoms with E-state index in [-0.39, 0.29) is 5.54 Å². The summed E-state index contributed by atoms with van der Waals surface area (Å²) in [6.45, 7) is 9.43. The molecule has 0 saturated carbocycles. The van der Waals surface area contributed by atoms with Gasteiger partial charge >= 0.3 is 0 Å². The Morgan fingerprint density at radius 2 is 2.09 bits per heavy atom. The second kappa shape index (κ2) is 5.32. The van der Waals surface area contributed by atoms with E-state index in [0.717, 1.165) is 13.0 Å². The minimum Gasteiger partial charge on any atom is -0.314 e. The second-order valence-corrected chi connectivity index (χ2v) is 4.09. The fraction of sp³-hybridized carbons (Fsp3) is 1.00. The van der Waals surface area contributed by atoms with Crippen LogP contribution in [0.5, 0.6) is 0 Å². The molecule has 0 aromatic carbocycles. The monoisotopic (exact) mass is 271 g/mol. The molecule has 0 spiro atoms. The zero-order valence-corrected chi connectivity index (χ0v) is 9.94. The summed E-state index contributed by atoms with van der Waals surface area (Å²) in [6, 6.07) is 0.520. The van der Waals surface area contributed by atoms with E-state index in [9.17, 15) is 0 Å². The highest BCUT2D eigenvalue weighted by molar-refractivity contribution is 14.1. The van der Waals surface area contributed by atoms with Gasteiger partial charge < -0.3 is 8.38 Å². The van der Waals surface area contributed by atoms with Crippen molar-refractivity contribution in [2.24, 2.45) is 0 Å². The van der Waals surface area contributed by atoms with Gasteiger partial charge in [-0.3, -0.25) is 0 Å². The van der Waals surface area contributed by atoms with Gasteiger partial charge in [-0.1, -0.05) is 20.8 Å². The first kappa shape index (κ1) is 11.6.